The summed E-state index contributed by atoms with van der Waals surface area (Å²) in [4.78, 5) is 62.6. The number of rotatable bonds is 8. The Labute approximate surface area is 212 Å². The molecule has 4 aliphatic rings. The number of cyclic esters (lactones) is 5. The normalized spacial score (nSPS) is 29.7. The first kappa shape index (κ1) is 26.9. The SMILES string of the molecule is CCCCCC[C@H](O)[C@@H]1C2=C(C[C@H]([C@H](O)[C@H]3CC=CC(=O)O3)CC3=C(C(=O)OC3=O)[C@H]1O)C(=O)OC2=O. The second-order valence-electron chi connectivity index (χ2n) is 9.80. The van der Waals surface area contributed by atoms with Crippen molar-refractivity contribution >= 4 is 29.8 Å². The molecule has 0 aromatic rings. The number of carbonyl (C=O) groups is 5. The van der Waals surface area contributed by atoms with Crippen LogP contribution in [0.2, 0.25) is 0 Å². The summed E-state index contributed by atoms with van der Waals surface area (Å²) in [6.45, 7) is 2.02. The molecule has 0 aromatic heterocycles. The van der Waals surface area contributed by atoms with Crippen LogP contribution in [-0.4, -0.2) is 69.6 Å². The summed E-state index contributed by atoms with van der Waals surface area (Å²) in [7, 11) is 0. The zero-order chi connectivity index (χ0) is 26.9. The van der Waals surface area contributed by atoms with Gasteiger partial charge in [-0.1, -0.05) is 38.7 Å². The van der Waals surface area contributed by atoms with Crippen LogP contribution >= 0.6 is 0 Å². The summed E-state index contributed by atoms with van der Waals surface area (Å²) in [5.74, 6) is -7.33. The maximum absolute atomic E-state index is 12.8. The van der Waals surface area contributed by atoms with E-state index in [2.05, 4.69) is 0 Å². The molecule has 0 radical (unpaired) electrons. The molecule has 4 rings (SSSR count). The van der Waals surface area contributed by atoms with Gasteiger partial charge in [0, 0.05) is 24.0 Å². The van der Waals surface area contributed by atoms with Crippen LogP contribution in [0.4, 0.5) is 0 Å². The van der Waals surface area contributed by atoms with Crippen LogP contribution in [0.1, 0.15) is 58.3 Å². The van der Waals surface area contributed by atoms with Crippen molar-refractivity contribution in [2.75, 3.05) is 0 Å². The van der Waals surface area contributed by atoms with E-state index < -0.39 is 71.7 Å². The van der Waals surface area contributed by atoms with Crippen LogP contribution in [-0.2, 0) is 38.2 Å². The van der Waals surface area contributed by atoms with Gasteiger partial charge < -0.3 is 29.5 Å². The highest BCUT2D eigenvalue weighted by Crippen LogP contribution is 2.43. The van der Waals surface area contributed by atoms with E-state index >= 15 is 0 Å². The third-order valence-corrected chi connectivity index (χ3v) is 7.38. The fourth-order valence-electron chi connectivity index (χ4n) is 5.48. The number of hydrogen-bond acceptors (Lipinski definition) is 11. The fraction of sp³-hybridized carbons (Fsp3) is 0.577. The molecule has 6 atom stereocenters. The van der Waals surface area contributed by atoms with Crippen LogP contribution in [0.5, 0.6) is 0 Å². The summed E-state index contributed by atoms with van der Waals surface area (Å²) in [6, 6.07) is 0. The van der Waals surface area contributed by atoms with Crippen molar-refractivity contribution in [2.24, 2.45) is 11.8 Å². The van der Waals surface area contributed by atoms with E-state index in [0.29, 0.717) is 6.42 Å². The lowest BCUT2D eigenvalue weighted by Gasteiger charge is -2.30. The van der Waals surface area contributed by atoms with E-state index in [1.165, 1.54) is 12.2 Å². The van der Waals surface area contributed by atoms with E-state index in [9.17, 15) is 39.3 Å². The molecular formula is C26H30O11. The van der Waals surface area contributed by atoms with Gasteiger partial charge in [-0.2, -0.15) is 0 Å². The summed E-state index contributed by atoms with van der Waals surface area (Å²) in [5, 5.41) is 33.6. The Bertz CT molecular complexity index is 1100. The lowest BCUT2D eigenvalue weighted by molar-refractivity contribution is -0.154. The van der Waals surface area contributed by atoms with Gasteiger partial charge in [-0.25, -0.2) is 24.0 Å². The predicted octanol–water partition coefficient (Wildman–Crippen LogP) is 0.697. The Morgan fingerprint density at radius 2 is 1.51 bits per heavy atom. The van der Waals surface area contributed by atoms with Crippen molar-refractivity contribution in [1.29, 1.82) is 0 Å². The van der Waals surface area contributed by atoms with E-state index in [-0.39, 0.29) is 42.4 Å². The molecular weight excluding hydrogens is 488 g/mol. The average molecular weight is 519 g/mol. The first-order valence-corrected chi connectivity index (χ1v) is 12.5. The minimum Gasteiger partial charge on any atom is -0.456 e. The highest BCUT2D eigenvalue weighted by atomic mass is 16.6. The van der Waals surface area contributed by atoms with Gasteiger partial charge >= 0.3 is 29.8 Å². The minimum atomic E-state index is -1.84. The third-order valence-electron chi connectivity index (χ3n) is 7.38. The molecule has 0 amide bonds. The Kier molecular flexibility index (Phi) is 8.05. The van der Waals surface area contributed by atoms with Crippen LogP contribution in [0.15, 0.2) is 34.4 Å². The van der Waals surface area contributed by atoms with Gasteiger partial charge in [0.05, 0.1) is 35.0 Å². The predicted molar refractivity (Wildman–Crippen MR) is 123 cm³/mol. The van der Waals surface area contributed by atoms with Crippen molar-refractivity contribution in [3.63, 3.8) is 0 Å². The van der Waals surface area contributed by atoms with Gasteiger partial charge in [0.2, 0.25) is 0 Å². The Balaban J connectivity index is 1.78. The number of esters is 5. The maximum Gasteiger partial charge on any atom is 0.345 e. The average Bonchev–Trinajstić information content (AvgIpc) is 3.30. The highest BCUT2D eigenvalue weighted by molar-refractivity contribution is 6.15. The highest BCUT2D eigenvalue weighted by Gasteiger charge is 2.51. The van der Waals surface area contributed by atoms with Gasteiger partial charge in [0.1, 0.15) is 6.10 Å². The molecule has 0 unspecified atom stereocenters. The second kappa shape index (κ2) is 11.1. The molecule has 0 aromatic carbocycles. The first-order chi connectivity index (χ1) is 17.6. The molecule has 200 valence electrons. The van der Waals surface area contributed by atoms with E-state index in [1.54, 1.807) is 0 Å². The molecule has 0 saturated carbocycles. The lowest BCUT2D eigenvalue weighted by Crippen LogP contribution is -2.39. The molecule has 3 aliphatic heterocycles. The lowest BCUT2D eigenvalue weighted by atomic mass is 9.80. The van der Waals surface area contributed by atoms with Crippen LogP contribution < -0.4 is 0 Å². The molecule has 0 spiro atoms. The summed E-state index contributed by atoms with van der Waals surface area (Å²) in [5.41, 5.74) is -1.10. The topological polar surface area (TPSA) is 174 Å². The number of hydrogen-bond donors (Lipinski definition) is 3. The van der Waals surface area contributed by atoms with Crippen LogP contribution in [0.25, 0.3) is 0 Å². The van der Waals surface area contributed by atoms with Gasteiger partial charge in [0.25, 0.3) is 0 Å². The van der Waals surface area contributed by atoms with Gasteiger partial charge in [-0.05, 0) is 25.2 Å². The molecule has 0 fully saturated rings. The van der Waals surface area contributed by atoms with Crippen molar-refractivity contribution in [3.8, 4) is 0 Å². The monoisotopic (exact) mass is 518 g/mol. The van der Waals surface area contributed by atoms with E-state index in [1.807, 2.05) is 6.92 Å². The molecule has 3 heterocycles. The Morgan fingerprint density at radius 3 is 2.14 bits per heavy atom. The number of carbonyl (C=O) groups excluding carboxylic acids is 5. The quantitative estimate of drug-likeness (QED) is 0.179. The molecule has 0 bridgehead atoms. The summed E-state index contributed by atoms with van der Waals surface area (Å²) < 4.78 is 14.8. The van der Waals surface area contributed by atoms with E-state index in [0.717, 1.165) is 19.3 Å². The Morgan fingerprint density at radius 1 is 0.892 bits per heavy atom. The summed E-state index contributed by atoms with van der Waals surface area (Å²) in [6.07, 6.45) is 0.0132. The molecule has 37 heavy (non-hydrogen) atoms. The minimum absolute atomic E-state index is 0.155. The first-order valence-electron chi connectivity index (χ1n) is 12.5. The standard InChI is InChI=1S/C26H30O11/c1-2-3-4-5-7-15(27)20-18-13(23(31)36-25(18)33)10-12(21(29)16-8-6-9-17(28)35-16)11-14-19(22(20)30)26(34)37-24(14)32/h6,9,12,15-16,20-22,27,29-30H,2-5,7-8,10-11H2,1H3/t12-,15-,16+,20+,21-,22+/m0/s1. The molecule has 11 heteroatoms. The van der Waals surface area contributed by atoms with Crippen LogP contribution in [0, 0.1) is 11.8 Å². The zero-order valence-electron chi connectivity index (χ0n) is 20.4. The number of ether oxygens (including phenoxy) is 3. The number of aliphatic hydroxyl groups is 3. The van der Waals surface area contributed by atoms with Gasteiger partial charge in [-0.15, -0.1) is 0 Å². The van der Waals surface area contributed by atoms with E-state index in [4.69, 9.17) is 14.2 Å². The molecule has 0 saturated heterocycles. The second-order valence-corrected chi connectivity index (χ2v) is 9.80. The number of unbranched alkanes of at least 4 members (excludes halogenated alkanes) is 3. The molecule has 3 N–H and O–H groups in total. The largest absolute Gasteiger partial charge is 0.456 e. The fourth-order valence-corrected chi connectivity index (χ4v) is 5.48. The van der Waals surface area contributed by atoms with Crippen LogP contribution in [0.3, 0.4) is 0 Å². The zero-order valence-corrected chi connectivity index (χ0v) is 20.4. The smallest absolute Gasteiger partial charge is 0.345 e. The molecule has 11 nitrogen and oxygen atoms in total. The van der Waals surface area contributed by atoms with Crippen molar-refractivity contribution in [3.05, 3.63) is 34.4 Å². The summed E-state index contributed by atoms with van der Waals surface area (Å²) >= 11 is 0. The Hall–Kier alpha value is -3.15. The number of aliphatic hydroxyl groups excluding tert-OH is 3. The van der Waals surface area contributed by atoms with Crippen molar-refractivity contribution in [1.82, 2.24) is 0 Å². The van der Waals surface area contributed by atoms with Gasteiger partial charge in [0.15, 0.2) is 0 Å². The van der Waals surface area contributed by atoms with Crippen molar-refractivity contribution < 1.29 is 53.5 Å². The van der Waals surface area contributed by atoms with Crippen molar-refractivity contribution in [2.45, 2.75) is 82.7 Å². The third kappa shape index (κ3) is 5.29. The van der Waals surface area contributed by atoms with Gasteiger partial charge in [-0.3, -0.25) is 0 Å². The maximum atomic E-state index is 12.8. The molecule has 1 aliphatic carbocycles.